The molecule has 1 fully saturated rings. The molecule has 0 aliphatic carbocycles. The van der Waals surface area contributed by atoms with Crippen molar-refractivity contribution >= 4 is 28.1 Å². The normalized spacial score (nSPS) is 22.1. The molecule has 2 rings (SSSR count). The number of nitrogen functional groups attached to an aromatic ring is 1. The molecule has 1 aliphatic heterocycles. The van der Waals surface area contributed by atoms with Crippen LogP contribution in [-0.4, -0.2) is 46.7 Å². The van der Waals surface area contributed by atoms with Crippen LogP contribution in [0, 0.1) is 0 Å². The second-order valence-corrected chi connectivity index (χ2v) is 7.09. The number of morpholine rings is 1. The topological polar surface area (TPSA) is 55.6 Å². The molecule has 0 spiro atoms. The molecular weight excluding hydrogens is 296 g/mol. The van der Waals surface area contributed by atoms with E-state index in [-0.39, 0.29) is 6.10 Å². The molecule has 20 heavy (non-hydrogen) atoms. The Morgan fingerprint density at radius 1 is 1.55 bits per heavy atom. The SMILES string of the molecule is CC(C)N1CCOC(CS(=O)c2c(N)cccc2Cl)C1. The Hall–Kier alpha value is -0.620. The Morgan fingerprint density at radius 2 is 2.30 bits per heavy atom. The summed E-state index contributed by atoms with van der Waals surface area (Å²) in [6.07, 6.45) is -0.0392. The molecule has 1 aliphatic rings. The van der Waals surface area contributed by atoms with Gasteiger partial charge in [-0.2, -0.15) is 0 Å². The van der Waals surface area contributed by atoms with Crippen molar-refractivity contribution in [3.63, 3.8) is 0 Å². The lowest BCUT2D eigenvalue weighted by atomic mass is 10.2. The van der Waals surface area contributed by atoms with Gasteiger partial charge < -0.3 is 10.5 Å². The standard InChI is InChI=1S/C14H21ClN2O2S/c1-10(2)17-6-7-19-11(8-17)9-20(18)14-12(15)4-3-5-13(14)16/h3-5,10-11H,6-9,16H2,1-2H3. The molecule has 1 saturated heterocycles. The minimum atomic E-state index is -1.24. The Balaban J connectivity index is 2.04. The van der Waals surface area contributed by atoms with E-state index in [1.165, 1.54) is 0 Å². The van der Waals surface area contributed by atoms with Gasteiger partial charge in [0.15, 0.2) is 0 Å². The van der Waals surface area contributed by atoms with E-state index in [1.54, 1.807) is 18.2 Å². The number of ether oxygens (including phenoxy) is 1. The number of nitrogens with zero attached hydrogens (tertiary/aromatic N) is 1. The highest BCUT2D eigenvalue weighted by Gasteiger charge is 2.25. The monoisotopic (exact) mass is 316 g/mol. The average Bonchev–Trinajstić information content (AvgIpc) is 2.38. The Morgan fingerprint density at radius 3 is 2.95 bits per heavy atom. The molecular formula is C14H21ClN2O2S. The molecule has 1 aromatic carbocycles. The van der Waals surface area contributed by atoms with E-state index < -0.39 is 10.8 Å². The lowest BCUT2D eigenvalue weighted by molar-refractivity contribution is -0.0268. The first-order chi connectivity index (χ1) is 9.49. The summed E-state index contributed by atoms with van der Waals surface area (Å²) < 4.78 is 18.2. The quantitative estimate of drug-likeness (QED) is 0.865. The van der Waals surface area contributed by atoms with E-state index in [9.17, 15) is 4.21 Å². The molecule has 112 valence electrons. The van der Waals surface area contributed by atoms with Gasteiger partial charge in [-0.05, 0) is 26.0 Å². The van der Waals surface area contributed by atoms with Crippen LogP contribution in [-0.2, 0) is 15.5 Å². The summed E-state index contributed by atoms with van der Waals surface area (Å²) in [4.78, 5) is 2.86. The van der Waals surface area contributed by atoms with E-state index >= 15 is 0 Å². The maximum atomic E-state index is 12.5. The Kier molecular flexibility index (Phi) is 5.43. The number of anilines is 1. The summed E-state index contributed by atoms with van der Waals surface area (Å²) in [5, 5.41) is 0.458. The van der Waals surface area contributed by atoms with Gasteiger partial charge in [0, 0.05) is 24.8 Å². The highest BCUT2D eigenvalue weighted by molar-refractivity contribution is 7.85. The summed E-state index contributed by atoms with van der Waals surface area (Å²) in [5.74, 6) is 0.428. The van der Waals surface area contributed by atoms with Crippen LogP contribution in [0.25, 0.3) is 0 Å². The largest absolute Gasteiger partial charge is 0.398 e. The highest BCUT2D eigenvalue weighted by Crippen LogP contribution is 2.26. The average molecular weight is 317 g/mol. The van der Waals surface area contributed by atoms with Gasteiger partial charge in [0.05, 0.1) is 39.2 Å². The van der Waals surface area contributed by atoms with Crippen LogP contribution in [0.1, 0.15) is 13.8 Å². The highest BCUT2D eigenvalue weighted by atomic mass is 35.5. The van der Waals surface area contributed by atoms with Crippen LogP contribution in [0.15, 0.2) is 23.1 Å². The van der Waals surface area contributed by atoms with Crippen LogP contribution < -0.4 is 5.73 Å². The molecule has 1 aromatic rings. The summed E-state index contributed by atoms with van der Waals surface area (Å²) in [7, 11) is -1.24. The van der Waals surface area contributed by atoms with Crippen LogP contribution in [0.5, 0.6) is 0 Å². The van der Waals surface area contributed by atoms with Crippen molar-refractivity contribution in [1.29, 1.82) is 0 Å². The summed E-state index contributed by atoms with van der Waals surface area (Å²) in [6, 6.07) is 5.67. The van der Waals surface area contributed by atoms with Gasteiger partial charge in [-0.15, -0.1) is 0 Å². The number of benzene rings is 1. The fraction of sp³-hybridized carbons (Fsp3) is 0.571. The second-order valence-electron chi connectivity index (χ2n) is 5.25. The van der Waals surface area contributed by atoms with Crippen molar-refractivity contribution in [2.24, 2.45) is 0 Å². The molecule has 0 amide bonds. The minimum absolute atomic E-state index is 0.0392. The molecule has 4 nitrogen and oxygen atoms in total. The van der Waals surface area contributed by atoms with Crippen molar-refractivity contribution < 1.29 is 8.95 Å². The second kappa shape index (κ2) is 6.89. The Labute approximate surface area is 127 Å². The van der Waals surface area contributed by atoms with E-state index in [2.05, 4.69) is 18.7 Å². The lowest BCUT2D eigenvalue weighted by Crippen LogP contribution is -2.47. The first kappa shape index (κ1) is 15.8. The number of hydrogen-bond donors (Lipinski definition) is 1. The van der Waals surface area contributed by atoms with Gasteiger partial charge >= 0.3 is 0 Å². The van der Waals surface area contributed by atoms with Gasteiger partial charge in [-0.25, -0.2) is 0 Å². The summed E-state index contributed by atoms with van der Waals surface area (Å²) >= 11 is 6.10. The zero-order chi connectivity index (χ0) is 14.7. The molecule has 0 bridgehead atoms. The first-order valence-electron chi connectivity index (χ1n) is 6.77. The number of rotatable bonds is 4. The maximum Gasteiger partial charge on any atom is 0.0821 e. The number of nitrogens with two attached hydrogens (primary N) is 1. The van der Waals surface area contributed by atoms with Crippen LogP contribution in [0.3, 0.4) is 0 Å². The molecule has 6 heteroatoms. The van der Waals surface area contributed by atoms with E-state index in [1.807, 2.05) is 0 Å². The molecule has 0 saturated carbocycles. The predicted molar refractivity (Wildman–Crippen MR) is 83.6 cm³/mol. The summed E-state index contributed by atoms with van der Waals surface area (Å²) in [6.45, 7) is 6.72. The number of halogens is 1. The third-order valence-electron chi connectivity index (χ3n) is 3.46. The molecule has 0 radical (unpaired) electrons. The zero-order valence-electron chi connectivity index (χ0n) is 11.8. The van der Waals surface area contributed by atoms with Crippen LogP contribution in [0.4, 0.5) is 5.69 Å². The zero-order valence-corrected chi connectivity index (χ0v) is 13.4. The van der Waals surface area contributed by atoms with Crippen LogP contribution in [0.2, 0.25) is 5.02 Å². The van der Waals surface area contributed by atoms with Crippen molar-refractivity contribution in [2.75, 3.05) is 31.2 Å². The fourth-order valence-corrected chi connectivity index (χ4v) is 4.09. The van der Waals surface area contributed by atoms with Gasteiger partial charge in [-0.1, -0.05) is 17.7 Å². The third kappa shape index (κ3) is 3.73. The molecule has 0 aromatic heterocycles. The van der Waals surface area contributed by atoms with Gasteiger partial charge in [0.1, 0.15) is 0 Å². The van der Waals surface area contributed by atoms with Gasteiger partial charge in [-0.3, -0.25) is 9.11 Å². The summed E-state index contributed by atoms with van der Waals surface area (Å²) in [5.41, 5.74) is 6.35. The van der Waals surface area contributed by atoms with E-state index in [4.69, 9.17) is 22.1 Å². The molecule has 2 N–H and O–H groups in total. The number of hydrogen-bond acceptors (Lipinski definition) is 4. The van der Waals surface area contributed by atoms with Crippen molar-refractivity contribution in [3.05, 3.63) is 23.2 Å². The van der Waals surface area contributed by atoms with Crippen molar-refractivity contribution in [1.82, 2.24) is 4.90 Å². The minimum Gasteiger partial charge on any atom is -0.398 e. The van der Waals surface area contributed by atoms with Crippen LogP contribution >= 0.6 is 11.6 Å². The fourth-order valence-electron chi connectivity index (χ4n) is 2.33. The first-order valence-corrected chi connectivity index (χ1v) is 8.46. The predicted octanol–water partition coefficient (Wildman–Crippen LogP) is 2.14. The maximum absolute atomic E-state index is 12.5. The van der Waals surface area contributed by atoms with Crippen molar-refractivity contribution in [2.45, 2.75) is 30.9 Å². The molecule has 2 atom stereocenters. The lowest BCUT2D eigenvalue weighted by Gasteiger charge is -2.35. The molecule has 1 heterocycles. The smallest absolute Gasteiger partial charge is 0.0821 e. The van der Waals surface area contributed by atoms with E-state index in [0.29, 0.717) is 34.0 Å². The Bertz CT molecular complexity index is 476. The van der Waals surface area contributed by atoms with Crippen molar-refractivity contribution in [3.8, 4) is 0 Å². The molecule has 2 unspecified atom stereocenters. The third-order valence-corrected chi connectivity index (χ3v) is 5.48. The van der Waals surface area contributed by atoms with E-state index in [0.717, 1.165) is 13.1 Å². The van der Waals surface area contributed by atoms with Gasteiger partial charge in [0.25, 0.3) is 0 Å². The van der Waals surface area contributed by atoms with Gasteiger partial charge in [0.2, 0.25) is 0 Å².